The molecule has 1 aliphatic heterocycles. The number of nitrogens with one attached hydrogen (secondary N) is 1. The summed E-state index contributed by atoms with van der Waals surface area (Å²) in [5.41, 5.74) is 2.14. The Kier molecular flexibility index (Phi) is 5.26. The molecule has 1 N–H and O–H groups in total. The number of furan rings is 1. The number of hydrogen-bond acceptors (Lipinski definition) is 5. The number of benzene rings is 1. The van der Waals surface area contributed by atoms with Gasteiger partial charge in [-0.25, -0.2) is 8.42 Å². The Morgan fingerprint density at radius 3 is 2.96 bits per heavy atom. The molecular formula is C18H23NO4S. The van der Waals surface area contributed by atoms with Gasteiger partial charge in [-0.1, -0.05) is 12.1 Å². The summed E-state index contributed by atoms with van der Waals surface area (Å²) in [7, 11) is -2.90. The Labute approximate surface area is 142 Å². The van der Waals surface area contributed by atoms with E-state index >= 15 is 0 Å². The third-order valence-electron chi connectivity index (χ3n) is 4.22. The van der Waals surface area contributed by atoms with Gasteiger partial charge < -0.3 is 14.5 Å². The average Bonchev–Trinajstić information content (AvgIpc) is 3.04. The van der Waals surface area contributed by atoms with E-state index in [0.29, 0.717) is 18.9 Å². The zero-order chi connectivity index (χ0) is 17.0. The molecular weight excluding hydrogens is 326 g/mol. The second kappa shape index (κ2) is 7.40. The topological polar surface area (TPSA) is 68.5 Å². The second-order valence-electron chi connectivity index (χ2n) is 6.31. The van der Waals surface area contributed by atoms with Crippen LogP contribution in [-0.2, 0) is 23.0 Å². The van der Waals surface area contributed by atoms with Gasteiger partial charge in [-0.05, 0) is 43.5 Å². The van der Waals surface area contributed by atoms with E-state index in [-0.39, 0.29) is 11.8 Å². The van der Waals surface area contributed by atoms with Crippen LogP contribution in [0.1, 0.15) is 29.7 Å². The number of rotatable bonds is 6. The van der Waals surface area contributed by atoms with Gasteiger partial charge in [-0.15, -0.1) is 0 Å². The van der Waals surface area contributed by atoms with Crippen molar-refractivity contribution in [3.8, 4) is 5.75 Å². The van der Waals surface area contributed by atoms with Crippen molar-refractivity contribution in [3.63, 3.8) is 0 Å². The number of aryl methyl sites for hydroxylation is 1. The zero-order valence-electron chi connectivity index (χ0n) is 13.8. The average molecular weight is 349 g/mol. The van der Waals surface area contributed by atoms with Gasteiger partial charge in [0, 0.05) is 18.2 Å². The van der Waals surface area contributed by atoms with Crippen molar-refractivity contribution in [2.75, 3.05) is 11.5 Å². The molecule has 2 heterocycles. The van der Waals surface area contributed by atoms with Crippen LogP contribution in [0, 0.1) is 6.92 Å². The highest BCUT2D eigenvalue weighted by molar-refractivity contribution is 7.91. The highest BCUT2D eigenvalue weighted by Gasteiger charge is 2.24. The standard InChI is InChI=1S/C18H23NO4S/c1-14-6-7-15(11-19-16-4-3-9-24(20,21)13-16)18(10-14)23-12-17-5-2-8-22-17/h2,5-8,10,16,19H,3-4,9,11-13H2,1H3/t16-/m1/s1. The molecule has 0 saturated carbocycles. The van der Waals surface area contributed by atoms with Crippen LogP contribution in [0.5, 0.6) is 5.75 Å². The lowest BCUT2D eigenvalue weighted by Gasteiger charge is -2.23. The van der Waals surface area contributed by atoms with Gasteiger partial charge in [0.15, 0.2) is 9.84 Å². The molecule has 2 aromatic rings. The van der Waals surface area contributed by atoms with Crippen LogP contribution in [0.15, 0.2) is 41.0 Å². The quantitative estimate of drug-likeness (QED) is 0.868. The third kappa shape index (κ3) is 4.61. The largest absolute Gasteiger partial charge is 0.485 e. The van der Waals surface area contributed by atoms with Crippen molar-refractivity contribution >= 4 is 9.84 Å². The van der Waals surface area contributed by atoms with Gasteiger partial charge >= 0.3 is 0 Å². The van der Waals surface area contributed by atoms with E-state index in [9.17, 15) is 8.42 Å². The Hall–Kier alpha value is -1.79. The maximum atomic E-state index is 11.7. The highest BCUT2D eigenvalue weighted by atomic mass is 32.2. The lowest BCUT2D eigenvalue weighted by Crippen LogP contribution is -2.39. The van der Waals surface area contributed by atoms with Crippen molar-refractivity contribution in [1.82, 2.24) is 5.32 Å². The monoisotopic (exact) mass is 349 g/mol. The molecule has 0 amide bonds. The van der Waals surface area contributed by atoms with Gasteiger partial charge in [0.05, 0.1) is 17.8 Å². The minimum absolute atomic E-state index is 0.0166. The highest BCUT2D eigenvalue weighted by Crippen LogP contribution is 2.22. The summed E-state index contributed by atoms with van der Waals surface area (Å²) in [6.45, 7) is 2.99. The van der Waals surface area contributed by atoms with Gasteiger partial charge in [0.25, 0.3) is 0 Å². The van der Waals surface area contributed by atoms with Crippen LogP contribution in [0.2, 0.25) is 0 Å². The Balaban J connectivity index is 1.64. The molecule has 1 atom stereocenters. The number of sulfone groups is 1. The first kappa shape index (κ1) is 17.0. The fraction of sp³-hybridized carbons (Fsp3) is 0.444. The SMILES string of the molecule is Cc1ccc(CN[C@@H]2CCCS(=O)(=O)C2)c(OCc2ccco2)c1. The number of ether oxygens (including phenoxy) is 1. The smallest absolute Gasteiger partial charge is 0.151 e. The fourth-order valence-corrected chi connectivity index (χ4v) is 4.59. The third-order valence-corrected chi connectivity index (χ3v) is 6.04. The molecule has 1 aromatic heterocycles. The van der Waals surface area contributed by atoms with Crippen LogP contribution in [0.25, 0.3) is 0 Å². The molecule has 1 saturated heterocycles. The normalized spacial score (nSPS) is 20.0. The maximum Gasteiger partial charge on any atom is 0.151 e. The minimum atomic E-state index is -2.90. The van der Waals surface area contributed by atoms with Crippen molar-refractivity contribution < 1.29 is 17.6 Å². The Morgan fingerprint density at radius 2 is 2.21 bits per heavy atom. The summed E-state index contributed by atoms with van der Waals surface area (Å²) in [6, 6.07) is 9.79. The lowest BCUT2D eigenvalue weighted by molar-refractivity contribution is 0.266. The Bertz CT molecular complexity index is 768. The van der Waals surface area contributed by atoms with Crippen molar-refractivity contribution in [1.29, 1.82) is 0 Å². The van der Waals surface area contributed by atoms with Crippen LogP contribution >= 0.6 is 0 Å². The van der Waals surface area contributed by atoms with Crippen LogP contribution in [0.4, 0.5) is 0 Å². The molecule has 0 unspecified atom stereocenters. The molecule has 24 heavy (non-hydrogen) atoms. The summed E-state index contributed by atoms with van der Waals surface area (Å²) in [6.07, 6.45) is 3.25. The fourth-order valence-electron chi connectivity index (χ4n) is 2.92. The van der Waals surface area contributed by atoms with Crippen molar-refractivity contribution in [2.24, 2.45) is 0 Å². The molecule has 0 aliphatic carbocycles. The lowest BCUT2D eigenvalue weighted by atomic mass is 10.1. The van der Waals surface area contributed by atoms with Gasteiger partial charge in [0.2, 0.25) is 0 Å². The molecule has 0 spiro atoms. The maximum absolute atomic E-state index is 11.7. The molecule has 5 nitrogen and oxygen atoms in total. The zero-order valence-corrected chi connectivity index (χ0v) is 14.6. The summed E-state index contributed by atoms with van der Waals surface area (Å²) < 4.78 is 34.7. The molecule has 6 heteroatoms. The Morgan fingerprint density at radius 1 is 1.33 bits per heavy atom. The van der Waals surface area contributed by atoms with Crippen LogP contribution < -0.4 is 10.1 Å². The van der Waals surface area contributed by atoms with Crippen LogP contribution in [-0.4, -0.2) is 26.0 Å². The summed E-state index contributed by atoms with van der Waals surface area (Å²) in [5, 5.41) is 3.36. The van der Waals surface area contributed by atoms with Gasteiger partial charge in [-0.3, -0.25) is 0 Å². The predicted molar refractivity (Wildman–Crippen MR) is 92.7 cm³/mol. The van der Waals surface area contributed by atoms with E-state index in [4.69, 9.17) is 9.15 Å². The molecule has 0 radical (unpaired) electrons. The predicted octanol–water partition coefficient (Wildman–Crippen LogP) is 2.83. The molecule has 1 aliphatic rings. The van der Waals surface area contributed by atoms with E-state index < -0.39 is 9.84 Å². The van der Waals surface area contributed by atoms with E-state index in [2.05, 4.69) is 5.32 Å². The second-order valence-corrected chi connectivity index (χ2v) is 8.54. The van der Waals surface area contributed by atoms with E-state index in [0.717, 1.165) is 35.5 Å². The minimum Gasteiger partial charge on any atom is -0.485 e. The first-order chi connectivity index (χ1) is 11.5. The first-order valence-corrected chi connectivity index (χ1v) is 10.0. The first-order valence-electron chi connectivity index (χ1n) is 8.20. The van der Waals surface area contributed by atoms with Gasteiger partial charge in [0.1, 0.15) is 18.1 Å². The molecule has 1 fully saturated rings. The van der Waals surface area contributed by atoms with Crippen LogP contribution in [0.3, 0.4) is 0 Å². The molecule has 3 rings (SSSR count). The van der Waals surface area contributed by atoms with E-state index in [1.807, 2.05) is 37.3 Å². The molecule has 0 bridgehead atoms. The van der Waals surface area contributed by atoms with Gasteiger partial charge in [-0.2, -0.15) is 0 Å². The molecule has 1 aromatic carbocycles. The summed E-state index contributed by atoms with van der Waals surface area (Å²) in [5.74, 6) is 2.11. The van der Waals surface area contributed by atoms with Crippen molar-refractivity contribution in [2.45, 2.75) is 39.0 Å². The summed E-state index contributed by atoms with van der Waals surface area (Å²) in [4.78, 5) is 0. The van der Waals surface area contributed by atoms with E-state index in [1.165, 1.54) is 0 Å². The van der Waals surface area contributed by atoms with E-state index in [1.54, 1.807) is 6.26 Å². The number of hydrogen-bond donors (Lipinski definition) is 1. The van der Waals surface area contributed by atoms with Crippen molar-refractivity contribution in [3.05, 3.63) is 53.5 Å². The molecule has 130 valence electrons. The summed E-state index contributed by atoms with van der Waals surface area (Å²) >= 11 is 0.